The summed E-state index contributed by atoms with van der Waals surface area (Å²) in [5.41, 5.74) is 6.45. The van der Waals surface area contributed by atoms with Gasteiger partial charge in [-0.3, -0.25) is 4.90 Å². The van der Waals surface area contributed by atoms with Crippen molar-refractivity contribution in [2.75, 3.05) is 25.9 Å². The van der Waals surface area contributed by atoms with Gasteiger partial charge in [0.05, 0.1) is 0 Å². The summed E-state index contributed by atoms with van der Waals surface area (Å²) in [6.45, 7) is 3.76. The van der Waals surface area contributed by atoms with E-state index in [-0.39, 0.29) is 0 Å². The normalized spacial score (nSPS) is 12.6. The fourth-order valence-electron chi connectivity index (χ4n) is 1.85. The Bertz CT molecular complexity index is 499. The Hall–Kier alpha value is -1.52. The van der Waals surface area contributed by atoms with Crippen molar-refractivity contribution in [2.24, 2.45) is 0 Å². The van der Waals surface area contributed by atoms with E-state index in [1.165, 1.54) is 4.88 Å². The number of nitrogens with zero attached hydrogens (tertiary/aromatic N) is 1. The van der Waals surface area contributed by atoms with Gasteiger partial charge in [0.25, 0.3) is 0 Å². The second-order valence-electron chi connectivity index (χ2n) is 4.59. The lowest BCUT2D eigenvalue weighted by Crippen LogP contribution is -2.26. The highest BCUT2D eigenvalue weighted by atomic mass is 32.1. The Labute approximate surface area is 118 Å². The van der Waals surface area contributed by atoms with E-state index in [0.29, 0.717) is 12.6 Å². The average molecular weight is 276 g/mol. The van der Waals surface area contributed by atoms with Crippen LogP contribution in [0.1, 0.15) is 17.8 Å². The van der Waals surface area contributed by atoms with Gasteiger partial charge >= 0.3 is 0 Å². The Morgan fingerprint density at radius 1 is 1.32 bits per heavy atom. The number of benzene rings is 1. The van der Waals surface area contributed by atoms with Crippen LogP contribution < -0.4 is 10.5 Å². The van der Waals surface area contributed by atoms with Gasteiger partial charge in [-0.1, -0.05) is 12.1 Å². The fourth-order valence-corrected chi connectivity index (χ4v) is 2.70. The predicted molar refractivity (Wildman–Crippen MR) is 81.7 cm³/mol. The third kappa shape index (κ3) is 3.98. The van der Waals surface area contributed by atoms with Crippen LogP contribution in [0.2, 0.25) is 0 Å². The van der Waals surface area contributed by atoms with Crippen molar-refractivity contribution >= 4 is 17.0 Å². The van der Waals surface area contributed by atoms with Crippen LogP contribution in [0.15, 0.2) is 41.8 Å². The van der Waals surface area contributed by atoms with Crippen LogP contribution in [-0.4, -0.2) is 25.1 Å². The molecule has 0 saturated carbocycles. The summed E-state index contributed by atoms with van der Waals surface area (Å²) in [4.78, 5) is 3.67. The van der Waals surface area contributed by atoms with Crippen LogP contribution in [0.4, 0.5) is 5.69 Å². The molecule has 1 aromatic carbocycles. The molecule has 0 aliphatic heterocycles. The van der Waals surface area contributed by atoms with Crippen LogP contribution in [-0.2, 0) is 0 Å². The predicted octanol–water partition coefficient (Wildman–Crippen LogP) is 3.40. The minimum absolute atomic E-state index is 0.421. The molecule has 1 heterocycles. The van der Waals surface area contributed by atoms with Crippen molar-refractivity contribution in [3.8, 4) is 5.75 Å². The smallest absolute Gasteiger partial charge is 0.121 e. The molecule has 0 fully saturated rings. The van der Waals surface area contributed by atoms with Gasteiger partial charge in [0.15, 0.2) is 0 Å². The Morgan fingerprint density at radius 2 is 2.16 bits per heavy atom. The van der Waals surface area contributed by atoms with Gasteiger partial charge < -0.3 is 10.5 Å². The molecule has 0 spiro atoms. The molecule has 19 heavy (non-hydrogen) atoms. The summed E-state index contributed by atoms with van der Waals surface area (Å²) in [5, 5.41) is 2.11. The van der Waals surface area contributed by atoms with Crippen molar-refractivity contribution in [1.82, 2.24) is 4.90 Å². The van der Waals surface area contributed by atoms with E-state index in [1.54, 1.807) is 11.3 Å². The van der Waals surface area contributed by atoms with Crippen molar-refractivity contribution in [2.45, 2.75) is 13.0 Å². The number of thiophene rings is 1. The molecule has 0 aliphatic rings. The molecular formula is C15H20N2OS. The van der Waals surface area contributed by atoms with Crippen LogP contribution in [0.5, 0.6) is 5.75 Å². The maximum Gasteiger partial charge on any atom is 0.121 e. The quantitative estimate of drug-likeness (QED) is 0.822. The second-order valence-corrected chi connectivity index (χ2v) is 5.57. The van der Waals surface area contributed by atoms with Crippen LogP contribution in [0, 0.1) is 0 Å². The summed E-state index contributed by atoms with van der Waals surface area (Å²) in [6.07, 6.45) is 0. The number of nitrogens with two attached hydrogens (primary N) is 1. The fraction of sp³-hybridized carbons (Fsp3) is 0.333. The van der Waals surface area contributed by atoms with Gasteiger partial charge in [-0.2, -0.15) is 0 Å². The number of ether oxygens (including phenoxy) is 1. The Kier molecular flexibility index (Phi) is 4.82. The third-order valence-electron chi connectivity index (χ3n) is 3.19. The van der Waals surface area contributed by atoms with Gasteiger partial charge in [-0.15, -0.1) is 11.3 Å². The molecule has 2 N–H and O–H groups in total. The van der Waals surface area contributed by atoms with Gasteiger partial charge in [-0.25, -0.2) is 0 Å². The van der Waals surface area contributed by atoms with Crippen molar-refractivity contribution in [1.29, 1.82) is 0 Å². The lowest BCUT2D eigenvalue weighted by Gasteiger charge is -2.23. The summed E-state index contributed by atoms with van der Waals surface area (Å²) in [5.74, 6) is 0.831. The van der Waals surface area contributed by atoms with E-state index in [1.807, 2.05) is 24.3 Å². The highest BCUT2D eigenvalue weighted by Crippen LogP contribution is 2.23. The Balaban J connectivity index is 1.79. The van der Waals surface area contributed by atoms with Gasteiger partial charge in [0, 0.05) is 29.2 Å². The molecule has 0 amide bonds. The van der Waals surface area contributed by atoms with Crippen molar-refractivity contribution in [3.05, 3.63) is 46.7 Å². The zero-order chi connectivity index (χ0) is 13.7. The molecule has 1 unspecified atom stereocenters. The molecular weight excluding hydrogens is 256 g/mol. The summed E-state index contributed by atoms with van der Waals surface area (Å²) < 4.78 is 5.71. The first-order valence-corrected chi connectivity index (χ1v) is 7.27. The molecule has 0 saturated heterocycles. The summed E-state index contributed by atoms with van der Waals surface area (Å²) in [7, 11) is 2.12. The summed E-state index contributed by atoms with van der Waals surface area (Å²) in [6, 6.07) is 12.2. The molecule has 1 aromatic heterocycles. The van der Waals surface area contributed by atoms with Crippen LogP contribution in [0.3, 0.4) is 0 Å². The first-order valence-electron chi connectivity index (χ1n) is 6.39. The zero-order valence-electron chi connectivity index (χ0n) is 11.4. The van der Waals surface area contributed by atoms with E-state index >= 15 is 0 Å². The van der Waals surface area contributed by atoms with Crippen LogP contribution in [0.25, 0.3) is 0 Å². The largest absolute Gasteiger partial charge is 0.492 e. The minimum atomic E-state index is 0.421. The standard InChI is InChI=1S/C15H20N2OS/c1-12(15-7-4-10-19-15)17(2)8-9-18-14-6-3-5-13(16)11-14/h3-7,10-12H,8-9,16H2,1-2H3. The Morgan fingerprint density at radius 3 is 2.84 bits per heavy atom. The average Bonchev–Trinajstić information content (AvgIpc) is 2.91. The van der Waals surface area contributed by atoms with E-state index < -0.39 is 0 Å². The highest BCUT2D eigenvalue weighted by Gasteiger charge is 2.12. The maximum absolute atomic E-state index is 5.71. The van der Waals surface area contributed by atoms with Gasteiger partial charge in [0.1, 0.15) is 12.4 Å². The van der Waals surface area contributed by atoms with Crippen LogP contribution >= 0.6 is 11.3 Å². The number of rotatable bonds is 6. The maximum atomic E-state index is 5.71. The SMILES string of the molecule is CC(c1cccs1)N(C)CCOc1cccc(N)c1. The number of hydrogen-bond acceptors (Lipinski definition) is 4. The van der Waals surface area contributed by atoms with E-state index in [9.17, 15) is 0 Å². The lowest BCUT2D eigenvalue weighted by atomic mass is 10.2. The summed E-state index contributed by atoms with van der Waals surface area (Å²) >= 11 is 1.79. The van der Waals surface area contributed by atoms with Gasteiger partial charge in [-0.05, 0) is 37.6 Å². The number of likely N-dealkylation sites (N-methyl/N-ethyl adjacent to an activating group) is 1. The zero-order valence-corrected chi connectivity index (χ0v) is 12.2. The monoisotopic (exact) mass is 276 g/mol. The lowest BCUT2D eigenvalue weighted by molar-refractivity contribution is 0.203. The molecule has 1 atom stereocenters. The third-order valence-corrected chi connectivity index (χ3v) is 4.23. The molecule has 2 aromatic rings. The molecule has 4 heteroatoms. The highest BCUT2D eigenvalue weighted by molar-refractivity contribution is 7.10. The number of hydrogen-bond donors (Lipinski definition) is 1. The van der Waals surface area contributed by atoms with E-state index in [2.05, 4.69) is 36.4 Å². The topological polar surface area (TPSA) is 38.5 Å². The first-order chi connectivity index (χ1) is 9.16. The van der Waals surface area contributed by atoms with Gasteiger partial charge in [0.2, 0.25) is 0 Å². The molecule has 0 radical (unpaired) electrons. The molecule has 0 bridgehead atoms. The second kappa shape index (κ2) is 6.59. The van der Waals surface area contributed by atoms with E-state index in [4.69, 9.17) is 10.5 Å². The molecule has 2 rings (SSSR count). The van der Waals surface area contributed by atoms with E-state index in [0.717, 1.165) is 18.0 Å². The first kappa shape index (κ1) is 13.9. The molecule has 3 nitrogen and oxygen atoms in total. The number of anilines is 1. The van der Waals surface area contributed by atoms with Crippen molar-refractivity contribution < 1.29 is 4.74 Å². The molecule has 102 valence electrons. The van der Waals surface area contributed by atoms with Crippen molar-refractivity contribution in [3.63, 3.8) is 0 Å². The minimum Gasteiger partial charge on any atom is -0.492 e. The number of nitrogen functional groups attached to an aromatic ring is 1. The molecule has 0 aliphatic carbocycles.